The van der Waals surface area contributed by atoms with Gasteiger partial charge in [0.1, 0.15) is 11.6 Å². The van der Waals surface area contributed by atoms with Crippen molar-refractivity contribution in [1.82, 2.24) is 14.5 Å². The Morgan fingerprint density at radius 1 is 0.578 bits per heavy atom. The summed E-state index contributed by atoms with van der Waals surface area (Å²) < 4.78 is 2.26. The molecule has 2 heterocycles. The Kier molecular flexibility index (Phi) is 12.2. The molecule has 0 bridgehead atoms. The molecule has 0 saturated carbocycles. The summed E-state index contributed by atoms with van der Waals surface area (Å²) >= 11 is 0. The Balaban J connectivity index is 0.00000560. The summed E-state index contributed by atoms with van der Waals surface area (Å²) in [6, 6.07) is 59.7. The summed E-state index contributed by atoms with van der Waals surface area (Å²) in [5.74, 6) is 0.904. The zero-order chi connectivity index (χ0) is 44.0. The number of hydrogen-bond donors (Lipinski definition) is 1. The van der Waals surface area contributed by atoms with Crippen LogP contribution in [0, 0.1) is 19.9 Å². The molecule has 322 valence electrons. The van der Waals surface area contributed by atoms with Gasteiger partial charge in [-0.2, -0.15) is 0 Å². The normalized spacial score (nSPS) is 11.8. The van der Waals surface area contributed by atoms with Crippen LogP contribution in [-0.2, 0) is 31.9 Å². The van der Waals surface area contributed by atoms with E-state index in [-0.39, 0.29) is 37.6 Å². The van der Waals surface area contributed by atoms with Crippen molar-refractivity contribution in [3.63, 3.8) is 0 Å². The minimum atomic E-state index is -0.161. The van der Waals surface area contributed by atoms with Gasteiger partial charge in [0, 0.05) is 38.5 Å². The molecule has 2 aromatic heterocycles. The van der Waals surface area contributed by atoms with Gasteiger partial charge in [-0.3, -0.25) is 9.55 Å². The van der Waals surface area contributed by atoms with Crippen LogP contribution in [0.25, 0.3) is 83.9 Å². The summed E-state index contributed by atoms with van der Waals surface area (Å²) in [5.41, 5.74) is 17.9. The molecule has 4 nitrogen and oxygen atoms in total. The standard InChI is InChI=1S/C59H54N3O.Pt/c1-9-59(7,8)47-27-28-53(50(36-47)42-19-14-11-15-20-42)62-54-22-16-21-49(55(54)61-57(62)51-37-48(58(4,5)6)31-39(3)56(51)63)45-32-44(40-17-12-10-13-18-40)33-46(34-45)52-35-43(29-30-60-52)41-25-23-38(2)24-26-41;/h10-33,35-37,63H,9H2,1-8H3;/q-1;. The molecule has 0 fully saturated rings. The van der Waals surface area contributed by atoms with Crippen LogP contribution in [0.5, 0.6) is 5.75 Å². The predicted molar refractivity (Wildman–Crippen MR) is 263 cm³/mol. The fraction of sp³-hybridized carbons (Fsp3) is 0.186. The number of phenolic OH excluding ortho intramolecular Hbond substituents is 1. The number of para-hydroxylation sites is 1. The molecule has 0 aliphatic carbocycles. The molecule has 0 spiro atoms. The summed E-state index contributed by atoms with van der Waals surface area (Å²) in [5, 5.41) is 12.1. The number of pyridine rings is 1. The van der Waals surface area contributed by atoms with Crippen molar-refractivity contribution in [3.05, 3.63) is 192 Å². The second-order valence-corrected chi connectivity index (χ2v) is 18.6. The van der Waals surface area contributed by atoms with Gasteiger partial charge in [-0.15, -0.1) is 23.8 Å². The van der Waals surface area contributed by atoms with E-state index in [0.29, 0.717) is 11.4 Å². The number of rotatable bonds is 9. The smallest absolute Gasteiger partial charge is 0.148 e. The van der Waals surface area contributed by atoms with E-state index in [1.165, 1.54) is 11.1 Å². The SMILES string of the molecule is CCC(C)(C)c1ccc(-n2c(-c3cc(C(C)(C)C)cc(C)c3O)nc3c(-c4[c-]c(-c5cc(-c6ccc(C)cc6)ccn5)cc(-c5ccccc5)c4)cccc32)c(-c2ccccc2)c1.[Pt]. The van der Waals surface area contributed by atoms with Crippen molar-refractivity contribution in [2.45, 2.75) is 72.6 Å². The monoisotopic (exact) mass is 1020 g/mol. The topological polar surface area (TPSA) is 50.9 Å². The third-order valence-corrected chi connectivity index (χ3v) is 12.8. The number of aryl methyl sites for hydroxylation is 2. The largest absolute Gasteiger partial charge is 0.507 e. The Labute approximate surface area is 393 Å². The predicted octanol–water partition coefficient (Wildman–Crippen LogP) is 15.5. The van der Waals surface area contributed by atoms with Gasteiger partial charge < -0.3 is 5.11 Å². The Morgan fingerprint density at radius 3 is 1.92 bits per heavy atom. The zero-order valence-corrected chi connectivity index (χ0v) is 40.2. The molecule has 0 saturated heterocycles. The molecular weight excluding hydrogens is 962 g/mol. The van der Waals surface area contributed by atoms with Gasteiger partial charge in [0.25, 0.3) is 0 Å². The number of hydrogen-bond acceptors (Lipinski definition) is 3. The maximum atomic E-state index is 12.1. The van der Waals surface area contributed by atoms with E-state index in [2.05, 4.69) is 211 Å². The molecule has 1 N–H and O–H groups in total. The number of fused-ring (bicyclic) bond motifs is 1. The van der Waals surface area contributed by atoms with E-state index >= 15 is 0 Å². The number of aromatic hydroxyl groups is 1. The van der Waals surface area contributed by atoms with E-state index in [4.69, 9.17) is 9.97 Å². The third kappa shape index (κ3) is 8.52. The number of phenols is 1. The van der Waals surface area contributed by atoms with E-state index in [1.807, 2.05) is 19.2 Å². The maximum absolute atomic E-state index is 12.1. The van der Waals surface area contributed by atoms with Gasteiger partial charge in [-0.25, -0.2) is 4.98 Å². The van der Waals surface area contributed by atoms with Crippen molar-refractivity contribution in [3.8, 4) is 78.6 Å². The van der Waals surface area contributed by atoms with Crippen LogP contribution < -0.4 is 0 Å². The van der Waals surface area contributed by atoms with Crippen molar-refractivity contribution >= 4 is 11.0 Å². The molecule has 9 rings (SSSR count). The van der Waals surface area contributed by atoms with E-state index < -0.39 is 0 Å². The third-order valence-electron chi connectivity index (χ3n) is 12.8. The number of nitrogens with zero attached hydrogens (tertiary/aromatic N) is 3. The van der Waals surface area contributed by atoms with Crippen LogP contribution in [0.2, 0.25) is 0 Å². The first kappa shape index (κ1) is 44.3. The molecule has 0 atom stereocenters. The number of imidazole rings is 1. The quantitative estimate of drug-likeness (QED) is 0.147. The minimum absolute atomic E-state index is 0. The van der Waals surface area contributed by atoms with Crippen LogP contribution in [-0.4, -0.2) is 19.6 Å². The van der Waals surface area contributed by atoms with Crippen LogP contribution in [0.15, 0.2) is 164 Å². The molecule has 5 heteroatoms. The zero-order valence-electron chi connectivity index (χ0n) is 37.9. The molecule has 7 aromatic carbocycles. The molecule has 0 amide bonds. The van der Waals surface area contributed by atoms with Gasteiger partial charge in [0.15, 0.2) is 0 Å². The molecule has 9 aromatic rings. The average Bonchev–Trinajstić information content (AvgIpc) is 3.69. The number of aromatic nitrogens is 3. The van der Waals surface area contributed by atoms with Crippen molar-refractivity contribution in [2.75, 3.05) is 0 Å². The van der Waals surface area contributed by atoms with Crippen molar-refractivity contribution in [2.24, 2.45) is 0 Å². The average molecular weight is 1020 g/mol. The Hall–Kier alpha value is -6.35. The van der Waals surface area contributed by atoms with Crippen LogP contribution in [0.4, 0.5) is 0 Å². The summed E-state index contributed by atoms with van der Waals surface area (Å²) in [4.78, 5) is 10.5. The summed E-state index contributed by atoms with van der Waals surface area (Å²) in [6.07, 6.45) is 2.89. The molecule has 0 radical (unpaired) electrons. The first-order valence-electron chi connectivity index (χ1n) is 22.0. The second kappa shape index (κ2) is 17.7. The van der Waals surface area contributed by atoms with E-state index in [1.54, 1.807) is 0 Å². The van der Waals surface area contributed by atoms with Crippen LogP contribution in [0.1, 0.15) is 70.2 Å². The van der Waals surface area contributed by atoms with Crippen LogP contribution >= 0.6 is 0 Å². The Bertz CT molecular complexity index is 3120. The van der Waals surface area contributed by atoms with Gasteiger partial charge in [0.2, 0.25) is 0 Å². The molecular formula is C59H54N3OPt-. The van der Waals surface area contributed by atoms with Gasteiger partial charge in [-0.1, -0.05) is 179 Å². The fourth-order valence-electron chi connectivity index (χ4n) is 8.48. The summed E-state index contributed by atoms with van der Waals surface area (Å²) in [7, 11) is 0. The maximum Gasteiger partial charge on any atom is 0.148 e. The van der Waals surface area contributed by atoms with Crippen molar-refractivity contribution < 1.29 is 26.2 Å². The molecule has 0 aliphatic heterocycles. The van der Waals surface area contributed by atoms with E-state index in [0.717, 1.165) is 90.0 Å². The Morgan fingerprint density at radius 2 is 1.23 bits per heavy atom. The molecule has 64 heavy (non-hydrogen) atoms. The second-order valence-electron chi connectivity index (χ2n) is 18.6. The first-order valence-corrected chi connectivity index (χ1v) is 22.0. The first-order chi connectivity index (χ1) is 30.3. The van der Waals surface area contributed by atoms with Gasteiger partial charge in [0.05, 0.1) is 22.3 Å². The molecule has 0 aliphatic rings. The minimum Gasteiger partial charge on any atom is -0.507 e. The van der Waals surface area contributed by atoms with Gasteiger partial charge in [-0.05, 0) is 100 Å². The van der Waals surface area contributed by atoms with Crippen molar-refractivity contribution in [1.29, 1.82) is 0 Å². The molecule has 0 unspecified atom stereocenters. The van der Waals surface area contributed by atoms with E-state index in [9.17, 15) is 5.11 Å². The fourth-order valence-corrected chi connectivity index (χ4v) is 8.48. The van der Waals surface area contributed by atoms with Crippen LogP contribution in [0.3, 0.4) is 0 Å². The van der Waals surface area contributed by atoms with Gasteiger partial charge >= 0.3 is 0 Å². The number of benzene rings is 7. The summed E-state index contributed by atoms with van der Waals surface area (Å²) in [6.45, 7) is 17.6.